The molecule has 1 aromatic carbocycles. The number of nitrogens with zero attached hydrogens (tertiary/aromatic N) is 1. The molecule has 0 fully saturated rings. The number of nitrogen functional groups attached to an aromatic ring is 1. The van der Waals surface area contributed by atoms with Crippen molar-refractivity contribution in [1.82, 2.24) is 4.90 Å². The second-order valence-corrected chi connectivity index (χ2v) is 3.83. The molecule has 0 heterocycles. The van der Waals surface area contributed by atoms with E-state index in [1.54, 1.807) is 29.2 Å². The normalized spacial score (nSPS) is 15.3. The maximum atomic E-state index is 10.00. The Kier molecular flexibility index (Phi) is 4.08. The summed E-state index contributed by atoms with van der Waals surface area (Å²) < 4.78 is 0. The molecule has 0 amide bonds. The molecule has 2 atom stereocenters. The van der Waals surface area contributed by atoms with Crippen molar-refractivity contribution < 1.29 is 10.2 Å². The van der Waals surface area contributed by atoms with Gasteiger partial charge in [0.2, 0.25) is 0 Å². The van der Waals surface area contributed by atoms with Crippen LogP contribution in [-0.4, -0.2) is 41.9 Å². The summed E-state index contributed by atoms with van der Waals surface area (Å²) in [6.07, 6.45) is -0.703. The predicted molar refractivity (Wildman–Crippen MR) is 60.4 cm³/mol. The van der Waals surface area contributed by atoms with Crippen LogP contribution in [0.25, 0.3) is 0 Å². The maximum absolute atomic E-state index is 10.00. The third-order valence-corrected chi connectivity index (χ3v) is 2.49. The van der Waals surface area contributed by atoms with E-state index in [0.717, 1.165) is 5.56 Å². The number of nitrogens with two attached hydrogens (primary N) is 1. The molecule has 1 aromatic rings. The lowest BCUT2D eigenvalue weighted by molar-refractivity contribution is 0.0390. The Labute approximate surface area is 89.9 Å². The quantitative estimate of drug-likeness (QED) is 0.622. The van der Waals surface area contributed by atoms with Crippen molar-refractivity contribution in [2.75, 3.05) is 26.4 Å². The van der Waals surface area contributed by atoms with Crippen LogP contribution < -0.4 is 5.73 Å². The molecule has 4 nitrogen and oxygen atoms in total. The highest BCUT2D eigenvalue weighted by molar-refractivity contribution is 5.40. The van der Waals surface area contributed by atoms with Gasteiger partial charge in [-0.3, -0.25) is 0 Å². The van der Waals surface area contributed by atoms with Crippen LogP contribution in [0.2, 0.25) is 0 Å². The molecule has 0 aromatic heterocycles. The summed E-state index contributed by atoms with van der Waals surface area (Å²) in [4.78, 5) is 1.79. The van der Waals surface area contributed by atoms with Crippen LogP contribution in [-0.2, 0) is 0 Å². The van der Waals surface area contributed by atoms with Gasteiger partial charge in [0.25, 0.3) is 0 Å². The van der Waals surface area contributed by atoms with Crippen LogP contribution in [0.1, 0.15) is 11.7 Å². The third-order valence-electron chi connectivity index (χ3n) is 2.49. The highest BCUT2D eigenvalue weighted by atomic mass is 16.3. The smallest absolute Gasteiger partial charge is 0.0967 e. The minimum atomic E-state index is -0.703. The van der Waals surface area contributed by atoms with Gasteiger partial charge in [0.1, 0.15) is 0 Å². The van der Waals surface area contributed by atoms with Crippen LogP contribution >= 0.6 is 0 Å². The summed E-state index contributed by atoms with van der Waals surface area (Å²) in [5.74, 6) is 0. The molecule has 2 unspecified atom stereocenters. The molecular weight excluding hydrogens is 192 g/mol. The van der Waals surface area contributed by atoms with E-state index < -0.39 is 6.10 Å². The summed E-state index contributed by atoms with van der Waals surface area (Å²) in [6, 6.07) is 6.72. The fraction of sp³-hybridized carbons (Fsp3) is 0.455. The van der Waals surface area contributed by atoms with Gasteiger partial charge in [-0.2, -0.15) is 0 Å². The average molecular weight is 210 g/mol. The Balaban J connectivity index is 2.82. The Morgan fingerprint density at radius 2 is 1.80 bits per heavy atom. The van der Waals surface area contributed by atoms with Gasteiger partial charge in [-0.05, 0) is 31.8 Å². The summed E-state index contributed by atoms with van der Waals surface area (Å²) in [6.45, 7) is -0.0848. The van der Waals surface area contributed by atoms with E-state index in [1.807, 2.05) is 14.1 Å². The topological polar surface area (TPSA) is 69.7 Å². The number of hydrogen-bond acceptors (Lipinski definition) is 4. The van der Waals surface area contributed by atoms with Crippen LogP contribution in [0.4, 0.5) is 5.69 Å². The fourth-order valence-corrected chi connectivity index (χ4v) is 1.46. The second-order valence-electron chi connectivity index (χ2n) is 3.83. The van der Waals surface area contributed by atoms with Crippen molar-refractivity contribution in [3.05, 3.63) is 29.8 Å². The van der Waals surface area contributed by atoms with Gasteiger partial charge in [0, 0.05) is 5.69 Å². The highest BCUT2D eigenvalue weighted by Gasteiger charge is 2.21. The zero-order chi connectivity index (χ0) is 11.4. The molecule has 0 aliphatic carbocycles. The van der Waals surface area contributed by atoms with Crippen molar-refractivity contribution in [2.45, 2.75) is 12.1 Å². The van der Waals surface area contributed by atoms with Crippen LogP contribution in [0, 0.1) is 0 Å². The largest absolute Gasteiger partial charge is 0.399 e. The molecule has 84 valence electrons. The van der Waals surface area contributed by atoms with Gasteiger partial charge in [-0.15, -0.1) is 0 Å². The number of aliphatic hydroxyl groups excluding tert-OH is 2. The lowest BCUT2D eigenvalue weighted by Crippen LogP contribution is -2.37. The molecular formula is C11H18N2O2. The minimum Gasteiger partial charge on any atom is -0.399 e. The average Bonchev–Trinajstić information content (AvgIpc) is 2.19. The standard InChI is InChI=1S/C11H18N2O2/c1-13(2)10(7-14)11(15)8-3-5-9(12)6-4-8/h3-6,10-11,14-15H,7,12H2,1-2H3. The SMILES string of the molecule is CN(C)C(CO)C(O)c1ccc(N)cc1. The molecule has 15 heavy (non-hydrogen) atoms. The first-order valence-corrected chi connectivity index (χ1v) is 4.87. The van der Waals surface area contributed by atoms with E-state index >= 15 is 0 Å². The number of aliphatic hydroxyl groups is 2. The van der Waals surface area contributed by atoms with Gasteiger partial charge >= 0.3 is 0 Å². The van der Waals surface area contributed by atoms with E-state index in [-0.39, 0.29) is 12.6 Å². The van der Waals surface area contributed by atoms with Gasteiger partial charge < -0.3 is 20.8 Å². The number of hydrogen-bond donors (Lipinski definition) is 3. The number of benzene rings is 1. The molecule has 0 saturated carbocycles. The lowest BCUT2D eigenvalue weighted by Gasteiger charge is -2.27. The van der Waals surface area contributed by atoms with Crippen molar-refractivity contribution >= 4 is 5.69 Å². The zero-order valence-corrected chi connectivity index (χ0v) is 9.09. The maximum Gasteiger partial charge on any atom is 0.0967 e. The first-order valence-electron chi connectivity index (χ1n) is 4.87. The number of likely N-dealkylation sites (N-methyl/N-ethyl adjacent to an activating group) is 1. The van der Waals surface area contributed by atoms with E-state index in [0.29, 0.717) is 5.69 Å². The van der Waals surface area contributed by atoms with Crippen molar-refractivity contribution in [2.24, 2.45) is 0 Å². The Morgan fingerprint density at radius 3 is 2.20 bits per heavy atom. The zero-order valence-electron chi connectivity index (χ0n) is 9.09. The number of anilines is 1. The Hall–Kier alpha value is -1.10. The second kappa shape index (κ2) is 5.11. The van der Waals surface area contributed by atoms with Crippen LogP contribution in [0.15, 0.2) is 24.3 Å². The molecule has 4 N–H and O–H groups in total. The summed E-state index contributed by atoms with van der Waals surface area (Å²) >= 11 is 0. The molecule has 4 heteroatoms. The van der Waals surface area contributed by atoms with Crippen molar-refractivity contribution in [3.8, 4) is 0 Å². The van der Waals surface area contributed by atoms with Crippen LogP contribution in [0.3, 0.4) is 0 Å². The van der Waals surface area contributed by atoms with E-state index in [9.17, 15) is 5.11 Å². The Morgan fingerprint density at radius 1 is 1.27 bits per heavy atom. The first-order chi connectivity index (χ1) is 7.06. The van der Waals surface area contributed by atoms with Crippen molar-refractivity contribution in [3.63, 3.8) is 0 Å². The molecule has 0 spiro atoms. The minimum absolute atomic E-state index is 0.0848. The summed E-state index contributed by atoms with van der Waals surface area (Å²) in [5, 5.41) is 19.2. The van der Waals surface area contributed by atoms with Crippen LogP contribution in [0.5, 0.6) is 0 Å². The van der Waals surface area contributed by atoms with Gasteiger partial charge in [0.05, 0.1) is 18.8 Å². The van der Waals surface area contributed by atoms with E-state index in [4.69, 9.17) is 10.8 Å². The van der Waals surface area contributed by atoms with Gasteiger partial charge in [-0.25, -0.2) is 0 Å². The van der Waals surface area contributed by atoms with E-state index in [1.165, 1.54) is 0 Å². The third kappa shape index (κ3) is 2.92. The first kappa shape index (κ1) is 12.0. The lowest BCUT2D eigenvalue weighted by atomic mass is 10.0. The molecule has 0 aliphatic rings. The van der Waals surface area contributed by atoms with Gasteiger partial charge in [-0.1, -0.05) is 12.1 Å². The Bertz CT molecular complexity index is 298. The summed E-state index contributed by atoms with van der Waals surface area (Å²) in [5.41, 5.74) is 6.98. The van der Waals surface area contributed by atoms with E-state index in [2.05, 4.69) is 0 Å². The molecule has 0 aliphatic heterocycles. The molecule has 0 bridgehead atoms. The number of rotatable bonds is 4. The molecule has 0 saturated heterocycles. The van der Waals surface area contributed by atoms with Gasteiger partial charge in [0.15, 0.2) is 0 Å². The fourth-order valence-electron chi connectivity index (χ4n) is 1.46. The highest BCUT2D eigenvalue weighted by Crippen LogP contribution is 2.20. The summed E-state index contributed by atoms with van der Waals surface area (Å²) in [7, 11) is 3.64. The predicted octanol–water partition coefficient (Wildman–Crippen LogP) is 0.225. The van der Waals surface area contributed by atoms with Crippen molar-refractivity contribution in [1.29, 1.82) is 0 Å². The molecule has 1 rings (SSSR count). The molecule has 0 radical (unpaired) electrons. The monoisotopic (exact) mass is 210 g/mol.